The Balaban J connectivity index is 2.63. The second kappa shape index (κ2) is 4.13. The van der Waals surface area contributed by atoms with Gasteiger partial charge in [0.15, 0.2) is 0 Å². The van der Waals surface area contributed by atoms with Crippen LogP contribution in [0.4, 0.5) is 4.39 Å². The predicted molar refractivity (Wildman–Crippen MR) is 57.4 cm³/mol. The maximum Gasteiger partial charge on any atom is 0.141 e. The molecule has 2 nitrogen and oxygen atoms in total. The van der Waals surface area contributed by atoms with Crippen LogP contribution in [0.15, 0.2) is 30.6 Å². The van der Waals surface area contributed by atoms with Crippen molar-refractivity contribution in [2.75, 3.05) is 0 Å². The van der Waals surface area contributed by atoms with Gasteiger partial charge in [-0.1, -0.05) is 35.3 Å². The van der Waals surface area contributed by atoms with Gasteiger partial charge in [-0.3, -0.25) is 0 Å². The minimum atomic E-state index is -0.358. The number of hydrogen-bond acceptors (Lipinski definition) is 2. The fourth-order valence-corrected chi connectivity index (χ4v) is 1.76. The smallest absolute Gasteiger partial charge is 0.141 e. The van der Waals surface area contributed by atoms with E-state index < -0.39 is 0 Å². The van der Waals surface area contributed by atoms with E-state index >= 15 is 0 Å². The lowest BCUT2D eigenvalue weighted by Crippen LogP contribution is -1.88. The highest BCUT2D eigenvalue weighted by Crippen LogP contribution is 2.31. The first kappa shape index (κ1) is 10.3. The van der Waals surface area contributed by atoms with Crippen LogP contribution in [0.3, 0.4) is 0 Å². The van der Waals surface area contributed by atoms with E-state index in [1.54, 1.807) is 12.1 Å². The van der Waals surface area contributed by atoms with Crippen LogP contribution < -0.4 is 0 Å². The quantitative estimate of drug-likeness (QED) is 0.715. The van der Waals surface area contributed by atoms with E-state index in [2.05, 4.69) is 9.97 Å². The maximum absolute atomic E-state index is 13.0. The number of rotatable bonds is 1. The minimum absolute atomic E-state index is 0.209. The van der Waals surface area contributed by atoms with Crippen LogP contribution in [0, 0.1) is 5.82 Å². The first-order chi connectivity index (χ1) is 7.18. The van der Waals surface area contributed by atoms with E-state index in [1.165, 1.54) is 18.5 Å². The van der Waals surface area contributed by atoms with Crippen molar-refractivity contribution in [1.29, 1.82) is 0 Å². The van der Waals surface area contributed by atoms with Gasteiger partial charge in [-0.05, 0) is 17.7 Å². The summed E-state index contributed by atoms with van der Waals surface area (Å²) in [7, 11) is 0. The molecule has 0 spiro atoms. The number of nitrogens with zero attached hydrogens (tertiary/aromatic N) is 2. The van der Waals surface area contributed by atoms with Crippen molar-refractivity contribution in [2.24, 2.45) is 0 Å². The first-order valence-electron chi connectivity index (χ1n) is 4.10. The van der Waals surface area contributed by atoms with Crippen LogP contribution >= 0.6 is 23.2 Å². The molecule has 0 aliphatic heterocycles. The molecule has 0 aliphatic rings. The molecule has 0 aliphatic carbocycles. The van der Waals surface area contributed by atoms with E-state index in [4.69, 9.17) is 23.2 Å². The highest BCUT2D eigenvalue weighted by atomic mass is 35.5. The lowest BCUT2D eigenvalue weighted by molar-refractivity contribution is 0.628. The normalized spacial score (nSPS) is 10.3. The second-order valence-electron chi connectivity index (χ2n) is 2.84. The third kappa shape index (κ3) is 2.08. The Morgan fingerprint density at radius 2 is 1.73 bits per heavy atom. The zero-order chi connectivity index (χ0) is 10.8. The lowest BCUT2D eigenvalue weighted by atomic mass is 10.1. The highest BCUT2D eigenvalue weighted by Gasteiger charge is 2.10. The Morgan fingerprint density at radius 1 is 1.07 bits per heavy atom. The Hall–Kier alpha value is -1.19. The van der Waals surface area contributed by atoms with Crippen molar-refractivity contribution in [3.8, 4) is 11.1 Å². The molecule has 0 unspecified atom stereocenters. The predicted octanol–water partition coefficient (Wildman–Crippen LogP) is 3.59. The van der Waals surface area contributed by atoms with Gasteiger partial charge in [-0.15, -0.1) is 0 Å². The number of aromatic nitrogens is 2. The molecule has 0 fully saturated rings. The van der Waals surface area contributed by atoms with E-state index in [9.17, 15) is 4.39 Å². The summed E-state index contributed by atoms with van der Waals surface area (Å²) >= 11 is 11.7. The summed E-state index contributed by atoms with van der Waals surface area (Å²) in [5.41, 5.74) is 1.01. The van der Waals surface area contributed by atoms with Gasteiger partial charge >= 0.3 is 0 Å². The van der Waals surface area contributed by atoms with E-state index in [-0.39, 0.29) is 16.1 Å². The molecule has 0 saturated carbocycles. The summed E-state index contributed by atoms with van der Waals surface area (Å²) in [6.07, 6.45) is 1.26. The van der Waals surface area contributed by atoms with Crippen LogP contribution in [0.2, 0.25) is 10.3 Å². The van der Waals surface area contributed by atoms with Crippen molar-refractivity contribution < 1.29 is 4.39 Å². The summed E-state index contributed by atoms with van der Waals surface area (Å²) in [6.45, 7) is 0. The van der Waals surface area contributed by atoms with Crippen LogP contribution in [-0.4, -0.2) is 9.97 Å². The summed E-state index contributed by atoms with van der Waals surface area (Å²) in [5.74, 6) is -0.358. The fourth-order valence-electron chi connectivity index (χ4n) is 1.23. The lowest BCUT2D eigenvalue weighted by Gasteiger charge is -2.04. The molecular weight excluding hydrogens is 238 g/mol. The summed E-state index contributed by atoms with van der Waals surface area (Å²) in [6, 6.07) is 5.94. The van der Waals surface area contributed by atoms with Gasteiger partial charge in [-0.25, -0.2) is 14.4 Å². The number of benzene rings is 1. The molecule has 1 aromatic heterocycles. The summed E-state index contributed by atoms with van der Waals surface area (Å²) in [4.78, 5) is 7.59. The zero-order valence-corrected chi connectivity index (χ0v) is 8.93. The average molecular weight is 243 g/mol. The molecule has 0 saturated heterocycles. The molecule has 1 aromatic carbocycles. The van der Waals surface area contributed by atoms with E-state index in [0.717, 1.165) is 0 Å². The van der Waals surface area contributed by atoms with Crippen LogP contribution in [0.5, 0.6) is 0 Å². The first-order valence-corrected chi connectivity index (χ1v) is 4.86. The molecule has 1 heterocycles. The molecule has 2 aromatic rings. The molecular formula is C10H5Cl2FN2. The number of halogens is 3. The molecule has 0 amide bonds. The molecule has 0 bridgehead atoms. The van der Waals surface area contributed by atoms with Gasteiger partial charge in [0, 0.05) is 0 Å². The summed E-state index contributed by atoms with van der Waals surface area (Å²) < 4.78 is 13.0. The maximum atomic E-state index is 13.0. The van der Waals surface area contributed by atoms with Crippen molar-refractivity contribution in [2.45, 2.75) is 0 Å². The third-order valence-electron chi connectivity index (χ3n) is 1.87. The Morgan fingerprint density at radius 3 is 2.33 bits per heavy atom. The Bertz CT molecular complexity index is 482. The van der Waals surface area contributed by atoms with E-state index in [0.29, 0.717) is 11.1 Å². The van der Waals surface area contributed by atoms with Gasteiger partial charge in [0.1, 0.15) is 22.5 Å². The summed E-state index contributed by atoms with van der Waals surface area (Å²) in [5, 5.41) is 0.418. The topological polar surface area (TPSA) is 25.8 Å². The second-order valence-corrected chi connectivity index (χ2v) is 3.56. The van der Waals surface area contributed by atoms with Crippen molar-refractivity contribution in [3.05, 3.63) is 46.7 Å². The standard InChI is InChI=1S/C10H5Cl2FN2/c11-9-8(10(12)15-5-14-9)6-2-1-3-7(13)4-6/h1-5H. The van der Waals surface area contributed by atoms with E-state index in [1.807, 2.05) is 0 Å². The van der Waals surface area contributed by atoms with Gasteiger partial charge < -0.3 is 0 Å². The fraction of sp³-hybridized carbons (Fsp3) is 0. The molecule has 0 N–H and O–H groups in total. The third-order valence-corrected chi connectivity index (χ3v) is 2.44. The molecule has 0 radical (unpaired) electrons. The SMILES string of the molecule is Fc1cccc(-c2c(Cl)ncnc2Cl)c1. The minimum Gasteiger partial charge on any atom is -0.224 e. The Kier molecular flexibility index (Phi) is 2.84. The molecule has 15 heavy (non-hydrogen) atoms. The largest absolute Gasteiger partial charge is 0.224 e. The van der Waals surface area contributed by atoms with Crippen molar-refractivity contribution in [1.82, 2.24) is 9.97 Å². The molecule has 0 atom stereocenters. The van der Waals surface area contributed by atoms with Gasteiger partial charge in [0.05, 0.1) is 5.56 Å². The highest BCUT2D eigenvalue weighted by molar-refractivity contribution is 6.37. The Labute approximate surface area is 95.7 Å². The number of hydrogen-bond donors (Lipinski definition) is 0. The van der Waals surface area contributed by atoms with Gasteiger partial charge in [-0.2, -0.15) is 0 Å². The monoisotopic (exact) mass is 242 g/mol. The van der Waals surface area contributed by atoms with Crippen molar-refractivity contribution >= 4 is 23.2 Å². The van der Waals surface area contributed by atoms with Gasteiger partial charge in [0.25, 0.3) is 0 Å². The van der Waals surface area contributed by atoms with Crippen LogP contribution in [0.25, 0.3) is 11.1 Å². The van der Waals surface area contributed by atoms with Crippen LogP contribution in [-0.2, 0) is 0 Å². The zero-order valence-electron chi connectivity index (χ0n) is 7.42. The average Bonchev–Trinajstić information content (AvgIpc) is 2.17. The van der Waals surface area contributed by atoms with Crippen molar-refractivity contribution in [3.63, 3.8) is 0 Å². The molecule has 76 valence electrons. The molecule has 2 rings (SSSR count). The van der Waals surface area contributed by atoms with Gasteiger partial charge in [0.2, 0.25) is 0 Å². The van der Waals surface area contributed by atoms with Crippen LogP contribution in [0.1, 0.15) is 0 Å². The molecule has 5 heteroatoms.